The Kier molecular flexibility index (Phi) is 6.99. The van der Waals surface area contributed by atoms with Crippen LogP contribution in [-0.4, -0.2) is 40.2 Å². The molecule has 1 aromatic heterocycles. The van der Waals surface area contributed by atoms with Gasteiger partial charge in [-0.1, -0.05) is 29.3 Å². The van der Waals surface area contributed by atoms with Crippen LogP contribution in [0.15, 0.2) is 24.4 Å². The maximum Gasteiger partial charge on any atom is 0.318 e. The van der Waals surface area contributed by atoms with Crippen molar-refractivity contribution in [3.05, 3.63) is 57.1 Å². The Morgan fingerprint density at radius 3 is 2.97 bits per heavy atom. The summed E-state index contributed by atoms with van der Waals surface area (Å²) in [5.41, 5.74) is 3.00. The summed E-state index contributed by atoms with van der Waals surface area (Å²) in [4.78, 5) is 24.1. The van der Waals surface area contributed by atoms with E-state index >= 15 is 0 Å². The number of hydrogen-bond acceptors (Lipinski definition) is 4. The highest BCUT2D eigenvalue weighted by molar-refractivity contribution is 6.42. The third-order valence-corrected chi connectivity index (χ3v) is 6.87. The molecule has 2 aliphatic heterocycles. The van der Waals surface area contributed by atoms with E-state index in [1.165, 1.54) is 0 Å². The van der Waals surface area contributed by atoms with E-state index in [2.05, 4.69) is 17.2 Å². The molecular weight excluding hydrogens is 435 g/mol. The van der Waals surface area contributed by atoms with Crippen molar-refractivity contribution in [2.75, 3.05) is 13.2 Å². The van der Waals surface area contributed by atoms with Gasteiger partial charge in [-0.2, -0.15) is 0 Å². The van der Waals surface area contributed by atoms with E-state index in [0.29, 0.717) is 35.2 Å². The number of carbonyl (C=O) groups is 1. The molecule has 1 N–H and O–H groups in total. The topological polar surface area (TPSA) is 67.4 Å². The van der Waals surface area contributed by atoms with Crippen LogP contribution in [0.3, 0.4) is 0 Å². The molecule has 0 bridgehead atoms. The lowest BCUT2D eigenvalue weighted by molar-refractivity contribution is 0.00242. The molecule has 3 atom stereocenters. The van der Waals surface area contributed by atoms with E-state index in [1.807, 2.05) is 24.1 Å². The highest BCUT2D eigenvalue weighted by atomic mass is 35.5. The molecule has 1 saturated heterocycles. The molecule has 1 aromatic carbocycles. The number of aromatic nitrogens is 2. The molecule has 4 rings (SSSR count). The van der Waals surface area contributed by atoms with Crippen LogP contribution in [0.4, 0.5) is 4.79 Å². The summed E-state index contributed by atoms with van der Waals surface area (Å²) in [7, 11) is 0. The van der Waals surface area contributed by atoms with Gasteiger partial charge in [0, 0.05) is 25.8 Å². The Morgan fingerprint density at radius 1 is 1.35 bits per heavy atom. The first-order valence-corrected chi connectivity index (χ1v) is 11.6. The van der Waals surface area contributed by atoms with Crippen LogP contribution in [0, 0.1) is 5.92 Å². The van der Waals surface area contributed by atoms with Crippen molar-refractivity contribution >= 4 is 29.2 Å². The van der Waals surface area contributed by atoms with E-state index in [-0.39, 0.29) is 12.1 Å². The van der Waals surface area contributed by atoms with Gasteiger partial charge in [0.1, 0.15) is 5.82 Å². The van der Waals surface area contributed by atoms with Crippen LogP contribution >= 0.6 is 23.2 Å². The van der Waals surface area contributed by atoms with Gasteiger partial charge >= 0.3 is 6.03 Å². The van der Waals surface area contributed by atoms with Crippen molar-refractivity contribution in [3.8, 4) is 0 Å². The van der Waals surface area contributed by atoms with Gasteiger partial charge in [0.15, 0.2) is 0 Å². The molecule has 2 amide bonds. The lowest BCUT2D eigenvalue weighted by atomic mass is 9.92. The van der Waals surface area contributed by atoms with E-state index in [1.54, 1.807) is 12.1 Å². The molecule has 3 unspecified atom stereocenters. The summed E-state index contributed by atoms with van der Waals surface area (Å²) >= 11 is 12.1. The van der Waals surface area contributed by atoms with Gasteiger partial charge in [-0.05, 0) is 62.3 Å². The second-order valence-corrected chi connectivity index (χ2v) is 9.36. The fraction of sp³-hybridized carbons (Fsp3) is 0.522. The van der Waals surface area contributed by atoms with Crippen LogP contribution < -0.4 is 5.32 Å². The van der Waals surface area contributed by atoms with Gasteiger partial charge in [0.05, 0.1) is 34.4 Å². The van der Waals surface area contributed by atoms with Gasteiger partial charge in [-0.15, -0.1) is 0 Å². The van der Waals surface area contributed by atoms with Gasteiger partial charge in [-0.25, -0.2) is 14.8 Å². The predicted octanol–water partition coefficient (Wildman–Crippen LogP) is 4.97. The molecular formula is C23H28Cl2N4O2. The van der Waals surface area contributed by atoms with Gasteiger partial charge < -0.3 is 15.0 Å². The molecule has 166 valence electrons. The van der Waals surface area contributed by atoms with Crippen molar-refractivity contribution in [3.63, 3.8) is 0 Å². The first kappa shape index (κ1) is 22.3. The minimum absolute atomic E-state index is 0.109. The Bertz CT molecular complexity index is 955. The van der Waals surface area contributed by atoms with E-state index < -0.39 is 0 Å². The number of halogens is 2. The van der Waals surface area contributed by atoms with E-state index in [4.69, 9.17) is 32.9 Å². The van der Waals surface area contributed by atoms with Crippen LogP contribution in [0.5, 0.6) is 0 Å². The number of carbonyl (C=O) groups excluding carboxylic acids is 1. The van der Waals surface area contributed by atoms with E-state index in [0.717, 1.165) is 54.9 Å². The number of rotatable bonds is 4. The summed E-state index contributed by atoms with van der Waals surface area (Å²) < 4.78 is 5.65. The van der Waals surface area contributed by atoms with Crippen LogP contribution in [0.1, 0.15) is 55.4 Å². The number of ether oxygens (including phenoxy) is 1. The van der Waals surface area contributed by atoms with Gasteiger partial charge in [0.2, 0.25) is 0 Å². The third kappa shape index (κ3) is 5.48. The SMILES string of the molecule is CC1CC(Cc2ncc3c(n2)CN(C(=O)NC(C)c2ccc(Cl)c(Cl)c2)CC3)CCO1. The summed E-state index contributed by atoms with van der Waals surface area (Å²) in [6, 6.07) is 5.12. The Labute approximate surface area is 193 Å². The maximum absolute atomic E-state index is 12.9. The van der Waals surface area contributed by atoms with Gasteiger partial charge in [0.25, 0.3) is 0 Å². The molecule has 0 aliphatic carbocycles. The number of fused-ring (bicyclic) bond motifs is 1. The average molecular weight is 463 g/mol. The normalized spacial score (nSPS) is 22.0. The first-order chi connectivity index (χ1) is 14.9. The summed E-state index contributed by atoms with van der Waals surface area (Å²) in [5, 5.41) is 4.04. The van der Waals surface area contributed by atoms with Crippen molar-refractivity contribution < 1.29 is 9.53 Å². The third-order valence-electron chi connectivity index (χ3n) is 6.13. The molecule has 2 aliphatic rings. The molecule has 1 fully saturated rings. The highest BCUT2D eigenvalue weighted by Gasteiger charge is 2.25. The second-order valence-electron chi connectivity index (χ2n) is 8.55. The lowest BCUT2D eigenvalue weighted by Crippen LogP contribution is -2.44. The molecule has 0 radical (unpaired) electrons. The maximum atomic E-state index is 12.9. The lowest BCUT2D eigenvalue weighted by Gasteiger charge is -2.30. The number of benzene rings is 1. The monoisotopic (exact) mass is 462 g/mol. The largest absolute Gasteiger partial charge is 0.378 e. The fourth-order valence-corrected chi connectivity index (χ4v) is 4.60. The van der Waals surface area contributed by atoms with E-state index in [9.17, 15) is 4.79 Å². The zero-order valence-corrected chi connectivity index (χ0v) is 19.4. The molecule has 3 heterocycles. The molecule has 8 heteroatoms. The van der Waals surface area contributed by atoms with Crippen molar-refractivity contribution in [2.45, 2.75) is 58.2 Å². The molecule has 2 aromatic rings. The fourth-order valence-electron chi connectivity index (χ4n) is 4.29. The van der Waals surface area contributed by atoms with Crippen LogP contribution in [-0.2, 0) is 24.1 Å². The number of nitrogens with zero attached hydrogens (tertiary/aromatic N) is 3. The van der Waals surface area contributed by atoms with Crippen LogP contribution in [0.2, 0.25) is 10.0 Å². The Hall–Kier alpha value is -1.89. The van der Waals surface area contributed by atoms with Gasteiger partial charge in [-0.3, -0.25) is 0 Å². The summed E-state index contributed by atoms with van der Waals surface area (Å²) in [6.07, 6.45) is 5.95. The summed E-state index contributed by atoms with van der Waals surface area (Å²) in [5.74, 6) is 1.42. The number of amides is 2. The average Bonchev–Trinajstić information content (AvgIpc) is 2.75. The quantitative estimate of drug-likeness (QED) is 0.696. The predicted molar refractivity (Wildman–Crippen MR) is 121 cm³/mol. The highest BCUT2D eigenvalue weighted by Crippen LogP contribution is 2.26. The number of hydrogen-bond donors (Lipinski definition) is 1. The summed E-state index contributed by atoms with van der Waals surface area (Å²) in [6.45, 7) is 6.00. The van der Waals surface area contributed by atoms with Crippen LogP contribution in [0.25, 0.3) is 0 Å². The van der Waals surface area contributed by atoms with Crippen molar-refractivity contribution in [2.24, 2.45) is 5.92 Å². The number of urea groups is 1. The zero-order chi connectivity index (χ0) is 22.0. The Balaban J connectivity index is 1.39. The molecule has 0 spiro atoms. The smallest absolute Gasteiger partial charge is 0.318 e. The van der Waals surface area contributed by atoms with Crippen molar-refractivity contribution in [1.82, 2.24) is 20.2 Å². The molecule has 0 saturated carbocycles. The first-order valence-electron chi connectivity index (χ1n) is 10.8. The van der Waals surface area contributed by atoms with Crippen molar-refractivity contribution in [1.29, 1.82) is 0 Å². The number of nitrogens with one attached hydrogen (secondary N) is 1. The molecule has 6 nitrogen and oxygen atoms in total. The minimum Gasteiger partial charge on any atom is -0.378 e. The minimum atomic E-state index is -0.180. The molecule has 31 heavy (non-hydrogen) atoms. The standard InChI is InChI=1S/C23H28Cl2N4O2/c1-14-9-16(6-8-31-14)10-22-26-12-18-5-7-29(13-21(18)28-22)23(30)27-15(2)17-3-4-19(24)20(25)11-17/h3-4,11-12,14-16H,5-10,13H2,1-2H3,(H,27,30). The zero-order valence-electron chi connectivity index (χ0n) is 17.9. The second kappa shape index (κ2) is 9.72. The Morgan fingerprint density at radius 2 is 2.19 bits per heavy atom.